The number of hydrogen-bond donors (Lipinski definition) is 0. The number of imidazole rings is 1. The van der Waals surface area contributed by atoms with Crippen molar-refractivity contribution in [1.29, 1.82) is 0 Å². The van der Waals surface area contributed by atoms with E-state index in [1.807, 2.05) is 17.4 Å². The maximum Gasteiger partial charge on any atom is 0.123 e. The van der Waals surface area contributed by atoms with Crippen LogP contribution in [0.15, 0.2) is 36.4 Å². The van der Waals surface area contributed by atoms with E-state index in [0.29, 0.717) is 6.10 Å². The molecule has 1 aliphatic rings. The molecule has 0 unspecified atom stereocenters. The maximum absolute atomic E-state index is 5.79. The van der Waals surface area contributed by atoms with Gasteiger partial charge in [-0.3, -0.25) is 4.90 Å². The van der Waals surface area contributed by atoms with Crippen LogP contribution in [-0.2, 0) is 24.9 Å². The first-order valence-electron chi connectivity index (χ1n) is 8.50. The quantitative estimate of drug-likeness (QED) is 0.699. The molecule has 0 amide bonds. The Morgan fingerprint density at radius 2 is 2.12 bits per heavy atom. The first kappa shape index (κ1) is 15.8. The lowest BCUT2D eigenvalue weighted by atomic mass is 10.2. The highest BCUT2D eigenvalue weighted by Crippen LogP contribution is 2.33. The molecule has 1 aliphatic heterocycles. The van der Waals surface area contributed by atoms with E-state index in [2.05, 4.69) is 53.9 Å². The summed E-state index contributed by atoms with van der Waals surface area (Å²) in [5, 5.41) is 0. The number of benzene rings is 1. The van der Waals surface area contributed by atoms with Crippen LogP contribution >= 0.6 is 11.3 Å². The molecular weight excluding hydrogens is 318 g/mol. The van der Waals surface area contributed by atoms with Gasteiger partial charge in [-0.1, -0.05) is 12.1 Å². The lowest BCUT2D eigenvalue weighted by Gasteiger charge is -2.15. The second kappa shape index (κ2) is 6.67. The maximum atomic E-state index is 5.79. The van der Waals surface area contributed by atoms with Gasteiger partial charge in [0, 0.05) is 30.0 Å². The predicted octanol–water partition coefficient (Wildman–Crippen LogP) is 4.12. The van der Waals surface area contributed by atoms with E-state index in [4.69, 9.17) is 9.72 Å². The van der Waals surface area contributed by atoms with Gasteiger partial charge in [0.25, 0.3) is 0 Å². The fourth-order valence-corrected chi connectivity index (χ4v) is 4.53. The third-order valence-electron chi connectivity index (χ3n) is 4.65. The fraction of sp³-hybridized carbons (Fsp3) is 0.421. The Bertz CT molecular complexity index is 832. The molecule has 3 heterocycles. The molecule has 0 saturated carbocycles. The minimum absolute atomic E-state index is 0.328. The van der Waals surface area contributed by atoms with Gasteiger partial charge in [0.2, 0.25) is 0 Å². The average Bonchev–Trinajstić information content (AvgIpc) is 3.29. The van der Waals surface area contributed by atoms with E-state index >= 15 is 0 Å². The van der Waals surface area contributed by atoms with Gasteiger partial charge in [-0.2, -0.15) is 0 Å². The molecule has 0 spiro atoms. The summed E-state index contributed by atoms with van der Waals surface area (Å²) < 4.78 is 7.98. The van der Waals surface area contributed by atoms with E-state index in [1.54, 1.807) is 0 Å². The first-order chi connectivity index (χ1) is 11.7. The average molecular weight is 341 g/mol. The van der Waals surface area contributed by atoms with Crippen LogP contribution < -0.4 is 0 Å². The number of para-hydroxylation sites is 2. The Morgan fingerprint density at radius 1 is 1.25 bits per heavy atom. The molecule has 1 aromatic carbocycles. The van der Waals surface area contributed by atoms with Gasteiger partial charge in [0.05, 0.1) is 23.7 Å². The van der Waals surface area contributed by atoms with Gasteiger partial charge >= 0.3 is 0 Å². The molecule has 0 bridgehead atoms. The van der Waals surface area contributed by atoms with Gasteiger partial charge in [-0.05, 0) is 44.2 Å². The Hall–Kier alpha value is -1.69. The summed E-state index contributed by atoms with van der Waals surface area (Å²) in [5.74, 6) is 1.11. The molecule has 4 rings (SSSR count). The molecule has 2 aromatic heterocycles. The van der Waals surface area contributed by atoms with Crippen LogP contribution in [0.3, 0.4) is 0 Å². The van der Waals surface area contributed by atoms with E-state index in [-0.39, 0.29) is 0 Å². The van der Waals surface area contributed by atoms with Crippen molar-refractivity contribution in [2.24, 2.45) is 7.05 Å². The number of aromatic nitrogens is 2. The third kappa shape index (κ3) is 3.11. The van der Waals surface area contributed by atoms with Crippen LogP contribution in [0.4, 0.5) is 0 Å². The van der Waals surface area contributed by atoms with Crippen molar-refractivity contribution in [3.63, 3.8) is 0 Å². The molecule has 24 heavy (non-hydrogen) atoms. The van der Waals surface area contributed by atoms with Crippen molar-refractivity contribution >= 4 is 22.4 Å². The largest absolute Gasteiger partial charge is 0.373 e. The standard InChI is InChI=1S/C19H23N3OS/c1-21(12-14-9-10-18(24-14)17-8-5-11-23-17)13-19-20-15-6-3-4-7-16(15)22(19)2/h3-4,6-7,9-10,17H,5,8,11-13H2,1-2H3/t17-/m1/s1. The van der Waals surface area contributed by atoms with Crippen LogP contribution in [0.2, 0.25) is 0 Å². The number of rotatable bonds is 5. The number of thiophene rings is 1. The second-order valence-electron chi connectivity index (χ2n) is 6.55. The zero-order valence-electron chi connectivity index (χ0n) is 14.2. The third-order valence-corrected chi connectivity index (χ3v) is 5.81. The fourth-order valence-electron chi connectivity index (χ4n) is 3.35. The van der Waals surface area contributed by atoms with E-state index in [1.165, 1.54) is 21.7 Å². The molecule has 0 N–H and O–H groups in total. The van der Waals surface area contributed by atoms with Gasteiger partial charge in [-0.25, -0.2) is 4.98 Å². The highest BCUT2D eigenvalue weighted by molar-refractivity contribution is 7.12. The van der Waals surface area contributed by atoms with Gasteiger partial charge < -0.3 is 9.30 Å². The van der Waals surface area contributed by atoms with Crippen LogP contribution in [0.25, 0.3) is 11.0 Å². The molecule has 1 saturated heterocycles. The summed E-state index contributed by atoms with van der Waals surface area (Å²) in [5.41, 5.74) is 2.26. The minimum Gasteiger partial charge on any atom is -0.373 e. The smallest absolute Gasteiger partial charge is 0.123 e. The lowest BCUT2D eigenvalue weighted by molar-refractivity contribution is 0.114. The van der Waals surface area contributed by atoms with Crippen molar-refractivity contribution in [3.8, 4) is 0 Å². The van der Waals surface area contributed by atoms with E-state index in [0.717, 1.165) is 37.5 Å². The zero-order chi connectivity index (χ0) is 16.5. The Balaban J connectivity index is 1.44. The second-order valence-corrected chi connectivity index (χ2v) is 7.75. The predicted molar refractivity (Wildman–Crippen MR) is 98.1 cm³/mol. The monoisotopic (exact) mass is 341 g/mol. The summed E-state index contributed by atoms with van der Waals surface area (Å²) in [6.45, 7) is 2.70. The zero-order valence-corrected chi connectivity index (χ0v) is 15.1. The molecule has 1 fully saturated rings. The van der Waals surface area contributed by atoms with Crippen LogP contribution in [-0.4, -0.2) is 28.1 Å². The van der Waals surface area contributed by atoms with Crippen LogP contribution in [0, 0.1) is 0 Å². The summed E-state index contributed by atoms with van der Waals surface area (Å²) in [6, 6.07) is 12.8. The highest BCUT2D eigenvalue weighted by Gasteiger charge is 2.19. The summed E-state index contributed by atoms with van der Waals surface area (Å²) in [7, 11) is 4.25. The van der Waals surface area contributed by atoms with Gasteiger partial charge in [0.15, 0.2) is 0 Å². The molecule has 3 aromatic rings. The summed E-state index contributed by atoms with van der Waals surface area (Å²) in [4.78, 5) is 9.86. The SMILES string of the molecule is CN(Cc1ccc([C@H]2CCCO2)s1)Cc1nc2ccccc2n1C. The Labute approximate surface area is 146 Å². The van der Waals surface area contributed by atoms with Crippen molar-refractivity contribution in [3.05, 3.63) is 52.0 Å². The van der Waals surface area contributed by atoms with E-state index in [9.17, 15) is 0 Å². The molecule has 1 atom stereocenters. The molecule has 4 nitrogen and oxygen atoms in total. The molecule has 0 aliphatic carbocycles. The van der Waals surface area contributed by atoms with Crippen molar-refractivity contribution in [2.75, 3.05) is 13.7 Å². The Kier molecular flexibility index (Phi) is 4.39. The molecule has 0 radical (unpaired) electrons. The highest BCUT2D eigenvalue weighted by atomic mass is 32.1. The van der Waals surface area contributed by atoms with Gasteiger partial charge in [0.1, 0.15) is 5.82 Å². The first-order valence-corrected chi connectivity index (χ1v) is 9.31. The van der Waals surface area contributed by atoms with Crippen LogP contribution in [0.1, 0.15) is 34.5 Å². The van der Waals surface area contributed by atoms with E-state index < -0.39 is 0 Å². The van der Waals surface area contributed by atoms with Crippen molar-refractivity contribution in [2.45, 2.75) is 32.0 Å². The summed E-state index contributed by atoms with van der Waals surface area (Å²) in [6.07, 6.45) is 2.68. The minimum atomic E-state index is 0.328. The number of fused-ring (bicyclic) bond motifs is 1. The lowest BCUT2D eigenvalue weighted by Crippen LogP contribution is -2.19. The number of nitrogens with zero attached hydrogens (tertiary/aromatic N) is 3. The van der Waals surface area contributed by atoms with Crippen molar-refractivity contribution < 1.29 is 4.74 Å². The topological polar surface area (TPSA) is 30.3 Å². The molecule has 5 heteroatoms. The normalized spacial score (nSPS) is 18.0. The Morgan fingerprint density at radius 3 is 2.92 bits per heavy atom. The van der Waals surface area contributed by atoms with Crippen molar-refractivity contribution in [1.82, 2.24) is 14.5 Å². The van der Waals surface area contributed by atoms with Crippen LogP contribution in [0.5, 0.6) is 0 Å². The number of aryl methyl sites for hydroxylation is 1. The summed E-state index contributed by atoms with van der Waals surface area (Å²) >= 11 is 1.88. The number of ether oxygens (including phenoxy) is 1. The van der Waals surface area contributed by atoms with Gasteiger partial charge in [-0.15, -0.1) is 11.3 Å². The molecular formula is C19H23N3OS. The molecule has 126 valence electrons. The number of hydrogen-bond acceptors (Lipinski definition) is 4.